The molecular weight excluding hydrogens is 312 g/mol. The Morgan fingerprint density at radius 2 is 2.10 bits per heavy atom. The van der Waals surface area contributed by atoms with Gasteiger partial charge in [-0.25, -0.2) is 9.59 Å². The van der Waals surface area contributed by atoms with Crippen LogP contribution in [0.1, 0.15) is 21.5 Å². The van der Waals surface area contributed by atoms with Crippen molar-refractivity contribution in [3.63, 3.8) is 0 Å². The number of carbonyl (C=O) groups excluding carboxylic acids is 1. The van der Waals surface area contributed by atoms with Crippen LogP contribution in [-0.4, -0.2) is 17.1 Å². The van der Waals surface area contributed by atoms with Crippen molar-refractivity contribution in [2.45, 2.75) is 13.5 Å². The zero-order chi connectivity index (χ0) is 15.4. The lowest BCUT2D eigenvalue weighted by Crippen LogP contribution is -2.28. The van der Waals surface area contributed by atoms with E-state index in [2.05, 4.69) is 10.6 Å². The van der Waals surface area contributed by atoms with Crippen molar-refractivity contribution in [3.05, 3.63) is 50.7 Å². The zero-order valence-corrected chi connectivity index (χ0v) is 12.7. The number of hydrogen-bond donors (Lipinski definition) is 3. The molecule has 0 fully saturated rings. The van der Waals surface area contributed by atoms with E-state index >= 15 is 0 Å². The molecule has 2 rings (SSSR count). The van der Waals surface area contributed by atoms with Crippen molar-refractivity contribution >= 4 is 40.6 Å². The molecule has 0 aliphatic rings. The van der Waals surface area contributed by atoms with Crippen LogP contribution < -0.4 is 10.6 Å². The summed E-state index contributed by atoms with van der Waals surface area (Å²) in [6.07, 6.45) is 0. The lowest BCUT2D eigenvalue weighted by Gasteiger charge is -2.09. The molecule has 0 radical (unpaired) electrons. The molecule has 0 aliphatic heterocycles. The number of halogens is 1. The highest BCUT2D eigenvalue weighted by Gasteiger charge is 2.10. The normalized spacial score (nSPS) is 10.2. The van der Waals surface area contributed by atoms with E-state index < -0.39 is 12.0 Å². The first-order chi connectivity index (χ1) is 9.97. The monoisotopic (exact) mass is 324 g/mol. The number of thiophene rings is 1. The molecule has 0 atom stereocenters. The van der Waals surface area contributed by atoms with Crippen LogP contribution in [-0.2, 0) is 6.54 Å². The van der Waals surface area contributed by atoms with Crippen LogP contribution in [0.2, 0.25) is 5.02 Å². The Morgan fingerprint density at radius 3 is 2.67 bits per heavy atom. The molecule has 5 nitrogen and oxygen atoms in total. The minimum atomic E-state index is -1.07. The van der Waals surface area contributed by atoms with Gasteiger partial charge in [-0.2, -0.15) is 11.3 Å². The fourth-order valence-corrected chi connectivity index (χ4v) is 2.74. The third-order valence-electron chi connectivity index (χ3n) is 2.87. The van der Waals surface area contributed by atoms with Crippen molar-refractivity contribution in [2.75, 3.05) is 5.32 Å². The molecule has 1 aromatic carbocycles. The average molecular weight is 325 g/mol. The number of hydrogen-bond acceptors (Lipinski definition) is 3. The Balaban J connectivity index is 1.96. The van der Waals surface area contributed by atoms with Crippen molar-refractivity contribution in [1.29, 1.82) is 0 Å². The van der Waals surface area contributed by atoms with Crippen LogP contribution in [0.3, 0.4) is 0 Å². The topological polar surface area (TPSA) is 78.4 Å². The molecule has 0 bridgehead atoms. The number of benzene rings is 1. The minimum Gasteiger partial charge on any atom is -0.478 e. The molecule has 2 amide bonds. The molecule has 0 spiro atoms. The number of carboxylic acids is 1. The van der Waals surface area contributed by atoms with Gasteiger partial charge in [0.1, 0.15) is 0 Å². The number of aromatic carboxylic acids is 1. The first-order valence-electron chi connectivity index (χ1n) is 6.06. The van der Waals surface area contributed by atoms with E-state index in [1.165, 1.54) is 18.2 Å². The quantitative estimate of drug-likeness (QED) is 0.801. The second-order valence-corrected chi connectivity index (χ2v) is 5.54. The Morgan fingerprint density at radius 1 is 1.33 bits per heavy atom. The molecule has 21 heavy (non-hydrogen) atoms. The maximum Gasteiger partial charge on any atom is 0.335 e. The number of rotatable bonds is 4. The van der Waals surface area contributed by atoms with E-state index in [-0.39, 0.29) is 10.6 Å². The minimum absolute atomic E-state index is 0.0693. The number of aryl methyl sites for hydroxylation is 1. The molecule has 7 heteroatoms. The van der Waals surface area contributed by atoms with E-state index in [4.69, 9.17) is 16.7 Å². The highest BCUT2D eigenvalue weighted by Crippen LogP contribution is 2.23. The maximum atomic E-state index is 11.8. The maximum absolute atomic E-state index is 11.8. The zero-order valence-electron chi connectivity index (χ0n) is 11.1. The molecule has 2 aromatic rings. The fourth-order valence-electron chi connectivity index (χ4n) is 1.66. The molecule has 110 valence electrons. The number of amides is 2. The van der Waals surface area contributed by atoms with Gasteiger partial charge >= 0.3 is 12.0 Å². The highest BCUT2D eigenvalue weighted by atomic mass is 35.5. The van der Waals surface area contributed by atoms with Gasteiger partial charge in [-0.1, -0.05) is 11.6 Å². The summed E-state index contributed by atoms with van der Waals surface area (Å²) < 4.78 is 0. The molecule has 1 aromatic heterocycles. The number of nitrogens with one attached hydrogen (secondary N) is 2. The van der Waals surface area contributed by atoms with Gasteiger partial charge in [0, 0.05) is 6.54 Å². The van der Waals surface area contributed by atoms with Gasteiger partial charge in [0.2, 0.25) is 0 Å². The summed E-state index contributed by atoms with van der Waals surface area (Å²) >= 11 is 7.52. The Hall–Kier alpha value is -2.05. The summed E-state index contributed by atoms with van der Waals surface area (Å²) in [6, 6.07) is 3.74. The van der Waals surface area contributed by atoms with Crippen LogP contribution in [0.15, 0.2) is 29.0 Å². The lowest BCUT2D eigenvalue weighted by molar-refractivity contribution is 0.0697. The van der Waals surface area contributed by atoms with Crippen molar-refractivity contribution in [1.82, 2.24) is 5.32 Å². The average Bonchev–Trinajstić information content (AvgIpc) is 2.84. The van der Waals surface area contributed by atoms with Crippen LogP contribution in [0.4, 0.5) is 10.5 Å². The van der Waals surface area contributed by atoms with Gasteiger partial charge in [0.15, 0.2) is 0 Å². The van der Waals surface area contributed by atoms with E-state index in [9.17, 15) is 9.59 Å². The summed E-state index contributed by atoms with van der Waals surface area (Å²) in [7, 11) is 0. The first kappa shape index (κ1) is 15.3. The molecule has 3 N–H and O–H groups in total. The molecule has 0 unspecified atom stereocenters. The van der Waals surface area contributed by atoms with E-state index in [1.54, 1.807) is 11.3 Å². The third kappa shape index (κ3) is 3.96. The molecule has 0 saturated carbocycles. The van der Waals surface area contributed by atoms with Crippen LogP contribution in [0, 0.1) is 6.92 Å². The van der Waals surface area contributed by atoms with E-state index in [1.807, 2.05) is 17.7 Å². The fraction of sp³-hybridized carbons (Fsp3) is 0.143. The van der Waals surface area contributed by atoms with Gasteiger partial charge in [-0.3, -0.25) is 0 Å². The second-order valence-electron chi connectivity index (χ2n) is 4.39. The van der Waals surface area contributed by atoms with Crippen LogP contribution in [0.5, 0.6) is 0 Å². The van der Waals surface area contributed by atoms with Gasteiger partial charge in [-0.15, -0.1) is 0 Å². The van der Waals surface area contributed by atoms with E-state index in [0.29, 0.717) is 12.2 Å². The standard InChI is InChI=1S/C14H13ClN2O3S/c1-8-6-21-7-10(8)5-16-14(20)17-12-3-2-9(13(18)19)4-11(12)15/h2-4,6-7H,5H2,1H3,(H,18,19)(H2,16,17,20). The van der Waals surface area contributed by atoms with Crippen LogP contribution in [0.25, 0.3) is 0 Å². The number of carboxylic acid groups (broad SMARTS) is 1. The predicted octanol–water partition coefficient (Wildman–Crippen LogP) is 3.73. The summed E-state index contributed by atoms with van der Waals surface area (Å²) in [5.41, 5.74) is 2.62. The van der Waals surface area contributed by atoms with Crippen molar-refractivity contribution < 1.29 is 14.7 Å². The van der Waals surface area contributed by atoms with Crippen molar-refractivity contribution in [2.24, 2.45) is 0 Å². The first-order valence-corrected chi connectivity index (χ1v) is 7.39. The second kappa shape index (κ2) is 6.60. The summed E-state index contributed by atoms with van der Waals surface area (Å²) in [5, 5.41) is 18.3. The van der Waals surface area contributed by atoms with Gasteiger partial charge in [0.05, 0.1) is 16.3 Å². The predicted molar refractivity (Wildman–Crippen MR) is 83.3 cm³/mol. The SMILES string of the molecule is Cc1cscc1CNC(=O)Nc1ccc(C(=O)O)cc1Cl. The molecular formula is C14H13ClN2O3S. The van der Waals surface area contributed by atoms with E-state index in [0.717, 1.165) is 11.1 Å². The Kier molecular flexibility index (Phi) is 4.82. The Bertz CT molecular complexity index is 685. The lowest BCUT2D eigenvalue weighted by atomic mass is 10.2. The Labute approximate surface area is 130 Å². The van der Waals surface area contributed by atoms with Crippen LogP contribution >= 0.6 is 22.9 Å². The molecule has 0 aliphatic carbocycles. The summed E-state index contributed by atoms with van der Waals surface area (Å²) in [4.78, 5) is 22.6. The number of carbonyl (C=O) groups is 2. The molecule has 0 saturated heterocycles. The van der Waals surface area contributed by atoms with Gasteiger partial charge in [-0.05, 0) is 47.0 Å². The number of anilines is 1. The highest BCUT2D eigenvalue weighted by molar-refractivity contribution is 7.08. The van der Waals surface area contributed by atoms with Crippen molar-refractivity contribution in [3.8, 4) is 0 Å². The number of urea groups is 1. The molecule has 1 heterocycles. The largest absolute Gasteiger partial charge is 0.478 e. The third-order valence-corrected chi connectivity index (χ3v) is 4.09. The summed E-state index contributed by atoms with van der Waals surface area (Å²) in [5.74, 6) is -1.07. The summed E-state index contributed by atoms with van der Waals surface area (Å²) in [6.45, 7) is 2.40. The van der Waals surface area contributed by atoms with Gasteiger partial charge < -0.3 is 15.7 Å². The van der Waals surface area contributed by atoms with Gasteiger partial charge in [0.25, 0.3) is 0 Å². The smallest absolute Gasteiger partial charge is 0.335 e.